The number of nitrogens with zero attached hydrogens (tertiary/aromatic N) is 3. The lowest BCUT2D eigenvalue weighted by atomic mass is 10.0. The summed E-state index contributed by atoms with van der Waals surface area (Å²) in [5, 5.41) is 26.1. The largest absolute Gasteiger partial charge is 0.373 e. The summed E-state index contributed by atoms with van der Waals surface area (Å²) in [4.78, 5) is 4.34. The van der Waals surface area contributed by atoms with Crippen LogP contribution >= 0.6 is 34.8 Å². The first-order chi connectivity index (χ1) is 18.4. The molecule has 2 heterocycles. The number of pyridine rings is 1. The molecule has 0 bridgehead atoms. The van der Waals surface area contributed by atoms with Gasteiger partial charge in [-0.1, -0.05) is 46.9 Å². The Kier molecular flexibility index (Phi) is 7.10. The third-order valence-electron chi connectivity index (χ3n) is 5.82. The minimum atomic E-state index is -0.759. The van der Waals surface area contributed by atoms with Crippen molar-refractivity contribution in [1.29, 1.82) is 10.5 Å². The molecule has 12 heteroatoms. The summed E-state index contributed by atoms with van der Waals surface area (Å²) in [5.41, 5.74) is 12.3. The minimum absolute atomic E-state index is 0.0292. The highest BCUT2D eigenvalue weighted by molar-refractivity contribution is 6.42. The molecule has 0 amide bonds. The van der Waals surface area contributed by atoms with Gasteiger partial charge in [0.15, 0.2) is 5.82 Å². The molecule has 5 N–H and O–H groups in total. The van der Waals surface area contributed by atoms with E-state index in [-0.39, 0.29) is 21.3 Å². The molecule has 0 saturated carbocycles. The van der Waals surface area contributed by atoms with Crippen LogP contribution in [0.3, 0.4) is 0 Å². The van der Waals surface area contributed by atoms with Crippen molar-refractivity contribution in [3.63, 3.8) is 0 Å². The minimum Gasteiger partial charge on any atom is -0.373 e. The predicted molar refractivity (Wildman–Crippen MR) is 146 cm³/mol. The number of hydrazine groups is 2. The second kappa shape index (κ2) is 10.6. The van der Waals surface area contributed by atoms with E-state index in [0.717, 1.165) is 11.3 Å². The highest BCUT2D eigenvalue weighted by atomic mass is 35.5. The fourth-order valence-corrected chi connectivity index (χ4v) is 4.61. The Morgan fingerprint density at radius 2 is 1.84 bits per heavy atom. The zero-order chi connectivity index (χ0) is 26.8. The van der Waals surface area contributed by atoms with E-state index in [4.69, 9.17) is 34.8 Å². The fourth-order valence-electron chi connectivity index (χ4n) is 4.03. The van der Waals surface area contributed by atoms with Gasteiger partial charge in [-0.25, -0.2) is 4.39 Å². The van der Waals surface area contributed by atoms with Gasteiger partial charge in [0.2, 0.25) is 0 Å². The number of benzene rings is 3. The van der Waals surface area contributed by atoms with Crippen molar-refractivity contribution in [3.05, 3.63) is 104 Å². The number of aromatic nitrogens is 1. The van der Waals surface area contributed by atoms with Crippen molar-refractivity contribution >= 4 is 62.8 Å². The van der Waals surface area contributed by atoms with Crippen LogP contribution in [0.1, 0.15) is 22.7 Å². The molecule has 0 unspecified atom stereocenters. The molecule has 0 aliphatic carbocycles. The maximum absolute atomic E-state index is 14.9. The Morgan fingerprint density at radius 3 is 2.58 bits per heavy atom. The van der Waals surface area contributed by atoms with Crippen LogP contribution < -0.4 is 27.0 Å². The lowest BCUT2D eigenvalue weighted by molar-refractivity contribution is 0.583. The maximum atomic E-state index is 14.9. The smallest absolute Gasteiger partial charge is 0.166 e. The Labute approximate surface area is 231 Å². The van der Waals surface area contributed by atoms with Gasteiger partial charge in [-0.3, -0.25) is 4.98 Å². The first-order valence-corrected chi connectivity index (χ1v) is 12.2. The molecule has 1 atom stereocenters. The van der Waals surface area contributed by atoms with E-state index in [1.54, 1.807) is 36.5 Å². The molecular formula is C26H16Cl3FN8. The normalized spacial score (nSPS) is 13.1. The van der Waals surface area contributed by atoms with Crippen molar-refractivity contribution < 1.29 is 4.39 Å². The average molecular weight is 566 g/mol. The van der Waals surface area contributed by atoms with Crippen LogP contribution in [0.25, 0.3) is 10.9 Å². The van der Waals surface area contributed by atoms with Crippen LogP contribution in [0.15, 0.2) is 66.6 Å². The van der Waals surface area contributed by atoms with Crippen LogP contribution in [0, 0.1) is 28.5 Å². The van der Waals surface area contributed by atoms with E-state index < -0.39 is 11.9 Å². The van der Waals surface area contributed by atoms with E-state index in [2.05, 4.69) is 44.1 Å². The molecule has 0 radical (unpaired) electrons. The summed E-state index contributed by atoms with van der Waals surface area (Å²) in [6.45, 7) is 0. The summed E-state index contributed by atoms with van der Waals surface area (Å²) in [5.74, 6) is -0.759. The van der Waals surface area contributed by atoms with Gasteiger partial charge in [-0.05, 0) is 42.0 Å². The molecule has 0 saturated heterocycles. The van der Waals surface area contributed by atoms with Crippen LogP contribution in [0.5, 0.6) is 0 Å². The van der Waals surface area contributed by atoms with Crippen LogP contribution in [-0.2, 0) is 0 Å². The maximum Gasteiger partial charge on any atom is 0.166 e. The van der Waals surface area contributed by atoms with Crippen molar-refractivity contribution in [2.45, 2.75) is 6.04 Å². The summed E-state index contributed by atoms with van der Waals surface area (Å²) in [6.07, 6.45) is 3.11. The number of anilines is 3. The molecule has 1 aliphatic heterocycles. The van der Waals surface area contributed by atoms with Gasteiger partial charge in [0.05, 0.1) is 60.9 Å². The fraction of sp³-hybridized carbons (Fsp3) is 0.0385. The Balaban J connectivity index is 1.62. The standard InChI is InChI=1S/C26H16Cl3FN8/c27-18-4-5-20(23(30)22(18)29)36-24-15(10-32)11-33-26-17(24)7-16(8-19(26)28)35-25(21-12-34-38-37-21)14-3-1-2-13(6-14)9-31/h1-8,11-12,25,34-35,37-38H,(H,33,36)/t25-/m0/s1. The number of halogens is 4. The molecule has 1 aromatic heterocycles. The molecule has 0 fully saturated rings. The van der Waals surface area contributed by atoms with Gasteiger partial charge in [-0.15, -0.1) is 0 Å². The van der Waals surface area contributed by atoms with E-state index >= 15 is 0 Å². The van der Waals surface area contributed by atoms with Gasteiger partial charge >= 0.3 is 0 Å². The SMILES string of the molecule is N#Cc1cccc([C@H](Nc2cc(Cl)c3ncc(C#N)c(Nc4ccc(Cl)c(Cl)c4F)c3c2)C2=CNNN2)c1. The Hall–Kier alpha value is -4.25. The van der Waals surface area contributed by atoms with Gasteiger partial charge in [0.1, 0.15) is 6.07 Å². The zero-order valence-corrected chi connectivity index (χ0v) is 21.5. The van der Waals surface area contributed by atoms with Gasteiger partial charge in [-0.2, -0.15) is 16.1 Å². The van der Waals surface area contributed by atoms with E-state index in [1.165, 1.54) is 18.3 Å². The summed E-state index contributed by atoms with van der Waals surface area (Å²) in [6, 6.07) is 17.3. The van der Waals surface area contributed by atoms with E-state index in [9.17, 15) is 14.9 Å². The Bertz CT molecular complexity index is 1690. The number of hydrogen-bond donors (Lipinski definition) is 5. The molecule has 3 aromatic carbocycles. The van der Waals surface area contributed by atoms with Crippen LogP contribution in [0.4, 0.5) is 21.5 Å². The Morgan fingerprint density at radius 1 is 1.00 bits per heavy atom. The topological polar surface area (TPSA) is 121 Å². The van der Waals surface area contributed by atoms with Crippen molar-refractivity contribution in [2.75, 3.05) is 10.6 Å². The lowest BCUT2D eigenvalue weighted by Crippen LogP contribution is -2.33. The van der Waals surface area contributed by atoms with E-state index in [0.29, 0.717) is 32.9 Å². The predicted octanol–water partition coefficient (Wildman–Crippen LogP) is 6.43. The van der Waals surface area contributed by atoms with E-state index in [1.807, 2.05) is 6.07 Å². The highest BCUT2D eigenvalue weighted by Crippen LogP contribution is 2.38. The van der Waals surface area contributed by atoms with Crippen LogP contribution in [-0.4, -0.2) is 4.98 Å². The first kappa shape index (κ1) is 25.4. The second-order valence-electron chi connectivity index (χ2n) is 8.17. The average Bonchev–Trinajstić information content (AvgIpc) is 3.47. The molecule has 38 heavy (non-hydrogen) atoms. The zero-order valence-electron chi connectivity index (χ0n) is 19.2. The number of rotatable bonds is 6. The summed E-state index contributed by atoms with van der Waals surface area (Å²) in [7, 11) is 0. The number of hydrogen-bond acceptors (Lipinski definition) is 8. The lowest BCUT2D eigenvalue weighted by Gasteiger charge is -2.22. The molecule has 4 aromatic rings. The van der Waals surface area contributed by atoms with Crippen molar-refractivity contribution in [1.82, 2.24) is 21.4 Å². The highest BCUT2D eigenvalue weighted by Gasteiger charge is 2.22. The summed E-state index contributed by atoms with van der Waals surface area (Å²) >= 11 is 18.5. The summed E-state index contributed by atoms with van der Waals surface area (Å²) < 4.78 is 14.9. The number of nitrogens with one attached hydrogen (secondary N) is 5. The number of nitriles is 2. The van der Waals surface area contributed by atoms with Crippen molar-refractivity contribution in [2.24, 2.45) is 0 Å². The molecule has 8 nitrogen and oxygen atoms in total. The van der Waals surface area contributed by atoms with Gasteiger partial charge < -0.3 is 21.5 Å². The molecule has 0 spiro atoms. The van der Waals surface area contributed by atoms with Crippen molar-refractivity contribution in [3.8, 4) is 12.1 Å². The first-order valence-electron chi connectivity index (χ1n) is 11.1. The molecular weight excluding hydrogens is 550 g/mol. The molecule has 188 valence electrons. The second-order valence-corrected chi connectivity index (χ2v) is 9.36. The molecule has 1 aliphatic rings. The van der Waals surface area contributed by atoms with Crippen LogP contribution in [0.2, 0.25) is 15.1 Å². The third-order valence-corrected chi connectivity index (χ3v) is 6.89. The third kappa shape index (κ3) is 4.84. The van der Waals surface area contributed by atoms with Gasteiger partial charge in [0, 0.05) is 23.5 Å². The van der Waals surface area contributed by atoms with Gasteiger partial charge in [0.25, 0.3) is 0 Å². The number of fused-ring (bicyclic) bond motifs is 1. The monoisotopic (exact) mass is 564 g/mol. The quantitative estimate of drug-likeness (QED) is 0.170. The molecule has 5 rings (SSSR count).